The molecular weight excluding hydrogens is 425 g/mol. The van der Waals surface area contributed by atoms with Gasteiger partial charge in [-0.05, 0) is 30.7 Å². The standard InChI is InChI=1S/C29H28NO2P/c1-2-3-23-32-25-21-19-24(20-22-25)29(31)30-33(26-13-7-4-8-14-26,27-15-9-5-10-16-27)28-17-11-6-12-18-28/h4-22H,2-3,23H2,1H3. The van der Waals surface area contributed by atoms with Crippen LogP contribution in [0.5, 0.6) is 5.75 Å². The third-order valence-corrected chi connectivity index (χ3v) is 9.12. The predicted octanol–water partition coefficient (Wildman–Crippen LogP) is 6.18. The summed E-state index contributed by atoms with van der Waals surface area (Å²) in [6.07, 6.45) is 2.09. The van der Waals surface area contributed by atoms with E-state index in [0.717, 1.165) is 34.5 Å². The lowest BCUT2D eigenvalue weighted by molar-refractivity contribution is 0.100. The van der Waals surface area contributed by atoms with E-state index >= 15 is 0 Å². The van der Waals surface area contributed by atoms with Crippen molar-refractivity contribution in [1.82, 2.24) is 0 Å². The molecule has 4 heteroatoms. The Bertz CT molecular complexity index is 1120. The van der Waals surface area contributed by atoms with Crippen LogP contribution in [-0.4, -0.2) is 12.5 Å². The third kappa shape index (κ3) is 5.16. The van der Waals surface area contributed by atoms with Gasteiger partial charge in [0, 0.05) is 21.5 Å². The molecule has 0 fully saturated rings. The number of amides is 1. The van der Waals surface area contributed by atoms with Crippen molar-refractivity contribution in [3.05, 3.63) is 121 Å². The highest BCUT2D eigenvalue weighted by molar-refractivity contribution is 7.87. The fourth-order valence-corrected chi connectivity index (χ4v) is 7.21. The second kappa shape index (κ2) is 10.9. The van der Waals surface area contributed by atoms with Crippen LogP contribution in [0.15, 0.2) is 120 Å². The van der Waals surface area contributed by atoms with Crippen molar-refractivity contribution in [3.8, 4) is 5.75 Å². The monoisotopic (exact) mass is 453 g/mol. The van der Waals surface area contributed by atoms with Crippen molar-refractivity contribution in [1.29, 1.82) is 0 Å². The molecular formula is C29H28NO2P. The van der Waals surface area contributed by atoms with Crippen LogP contribution in [0.4, 0.5) is 0 Å². The maximum Gasteiger partial charge on any atom is 0.276 e. The molecule has 0 spiro atoms. The van der Waals surface area contributed by atoms with Crippen LogP contribution < -0.4 is 20.7 Å². The molecule has 33 heavy (non-hydrogen) atoms. The van der Waals surface area contributed by atoms with Gasteiger partial charge in [-0.3, -0.25) is 4.79 Å². The predicted molar refractivity (Wildman–Crippen MR) is 139 cm³/mol. The fraction of sp³-hybridized carbons (Fsp3) is 0.138. The lowest BCUT2D eigenvalue weighted by Crippen LogP contribution is -2.26. The summed E-state index contributed by atoms with van der Waals surface area (Å²) in [6.45, 7) is 2.81. The van der Waals surface area contributed by atoms with Crippen molar-refractivity contribution in [2.24, 2.45) is 4.74 Å². The van der Waals surface area contributed by atoms with Gasteiger partial charge in [-0.2, -0.15) is 0 Å². The molecule has 0 radical (unpaired) electrons. The Kier molecular flexibility index (Phi) is 7.55. The van der Waals surface area contributed by atoms with Crippen LogP contribution in [0.1, 0.15) is 30.1 Å². The lowest BCUT2D eigenvalue weighted by Gasteiger charge is -2.26. The minimum absolute atomic E-state index is 0.222. The van der Waals surface area contributed by atoms with Gasteiger partial charge in [0.05, 0.1) is 13.7 Å². The van der Waals surface area contributed by atoms with Gasteiger partial charge in [0.1, 0.15) is 5.75 Å². The van der Waals surface area contributed by atoms with Gasteiger partial charge in [-0.15, -0.1) is 0 Å². The molecule has 0 aliphatic rings. The Morgan fingerprint density at radius 2 is 1.15 bits per heavy atom. The third-order valence-electron chi connectivity index (χ3n) is 5.50. The van der Waals surface area contributed by atoms with E-state index in [0.29, 0.717) is 12.2 Å². The maximum atomic E-state index is 13.6. The highest BCUT2D eigenvalue weighted by Crippen LogP contribution is 2.46. The number of ether oxygens (including phenoxy) is 1. The zero-order valence-corrected chi connectivity index (χ0v) is 19.7. The Balaban J connectivity index is 1.85. The number of unbranched alkanes of at least 4 members (excludes halogenated alkanes) is 1. The average molecular weight is 454 g/mol. The Hall–Kier alpha value is -3.42. The van der Waals surface area contributed by atoms with Gasteiger partial charge < -0.3 is 4.74 Å². The first kappa shape index (κ1) is 22.8. The van der Waals surface area contributed by atoms with Crippen molar-refractivity contribution in [2.75, 3.05) is 6.61 Å². The van der Waals surface area contributed by atoms with Gasteiger partial charge >= 0.3 is 0 Å². The smallest absolute Gasteiger partial charge is 0.276 e. The summed E-state index contributed by atoms with van der Waals surface area (Å²) >= 11 is 0. The van der Waals surface area contributed by atoms with Gasteiger partial charge in [-0.25, -0.2) is 4.74 Å². The van der Waals surface area contributed by atoms with Gasteiger partial charge in [0.25, 0.3) is 5.91 Å². The molecule has 0 N–H and O–H groups in total. The van der Waals surface area contributed by atoms with E-state index in [4.69, 9.17) is 9.48 Å². The van der Waals surface area contributed by atoms with Crippen molar-refractivity contribution in [3.63, 3.8) is 0 Å². The summed E-state index contributed by atoms with van der Waals surface area (Å²) in [6, 6.07) is 37.8. The number of rotatable bonds is 8. The second-order valence-electron chi connectivity index (χ2n) is 7.77. The molecule has 0 bridgehead atoms. The van der Waals surface area contributed by atoms with E-state index in [9.17, 15) is 4.79 Å². The molecule has 3 nitrogen and oxygen atoms in total. The average Bonchev–Trinajstić information content (AvgIpc) is 2.89. The summed E-state index contributed by atoms with van der Waals surface area (Å²) < 4.78 is 10.8. The van der Waals surface area contributed by atoms with Gasteiger partial charge in [0.2, 0.25) is 0 Å². The quantitative estimate of drug-likeness (QED) is 0.236. The molecule has 0 atom stereocenters. The number of benzene rings is 4. The van der Waals surface area contributed by atoms with E-state index in [1.807, 2.05) is 78.9 Å². The molecule has 0 saturated carbocycles. The van der Waals surface area contributed by atoms with E-state index in [1.165, 1.54) is 0 Å². The number of carbonyl (C=O) groups is 1. The SMILES string of the molecule is CCCCOc1ccc(C(=O)N=P(c2ccccc2)(c2ccccc2)c2ccccc2)cc1. The van der Waals surface area contributed by atoms with Crippen LogP contribution in [0.2, 0.25) is 0 Å². The molecule has 4 aromatic rings. The number of carbonyl (C=O) groups excluding carboxylic acids is 1. The minimum Gasteiger partial charge on any atom is -0.494 e. The van der Waals surface area contributed by atoms with Gasteiger partial charge in [-0.1, -0.05) is 104 Å². The van der Waals surface area contributed by atoms with E-state index in [-0.39, 0.29) is 5.91 Å². The molecule has 0 unspecified atom stereocenters. The second-order valence-corrected chi connectivity index (χ2v) is 10.8. The van der Waals surface area contributed by atoms with E-state index in [2.05, 4.69) is 43.3 Å². The highest BCUT2D eigenvalue weighted by Gasteiger charge is 2.28. The highest BCUT2D eigenvalue weighted by atomic mass is 31.2. The first-order valence-electron chi connectivity index (χ1n) is 11.3. The molecule has 4 rings (SSSR count). The van der Waals surface area contributed by atoms with Crippen LogP contribution in [0.25, 0.3) is 0 Å². The molecule has 0 aliphatic heterocycles. The molecule has 166 valence electrons. The lowest BCUT2D eigenvalue weighted by atomic mass is 10.2. The summed E-state index contributed by atoms with van der Waals surface area (Å²) in [4.78, 5) is 13.6. The molecule has 0 heterocycles. The normalized spacial score (nSPS) is 11.1. The molecule has 4 aromatic carbocycles. The summed E-state index contributed by atoms with van der Waals surface area (Å²) in [5.74, 6) is 0.551. The van der Waals surface area contributed by atoms with Crippen LogP contribution >= 0.6 is 7.05 Å². The zero-order valence-electron chi connectivity index (χ0n) is 18.8. The Labute approximate surface area is 196 Å². The molecule has 0 aromatic heterocycles. The minimum atomic E-state index is -2.56. The molecule has 1 amide bonds. The summed E-state index contributed by atoms with van der Waals surface area (Å²) in [5, 5.41) is 3.15. The van der Waals surface area contributed by atoms with Crippen molar-refractivity contribution < 1.29 is 9.53 Å². The molecule has 0 aliphatic carbocycles. The van der Waals surface area contributed by atoms with Crippen molar-refractivity contribution >= 4 is 28.9 Å². The number of nitrogens with zero attached hydrogens (tertiary/aromatic N) is 1. The van der Waals surface area contributed by atoms with Crippen molar-refractivity contribution in [2.45, 2.75) is 19.8 Å². The van der Waals surface area contributed by atoms with Gasteiger partial charge in [0.15, 0.2) is 0 Å². The Morgan fingerprint density at radius 3 is 1.58 bits per heavy atom. The zero-order chi connectivity index (χ0) is 22.9. The largest absolute Gasteiger partial charge is 0.494 e. The van der Waals surface area contributed by atoms with Crippen LogP contribution in [0.3, 0.4) is 0 Å². The Morgan fingerprint density at radius 1 is 0.697 bits per heavy atom. The number of hydrogen-bond acceptors (Lipinski definition) is 2. The van der Waals surface area contributed by atoms with E-state index in [1.54, 1.807) is 0 Å². The first-order chi connectivity index (χ1) is 16.2. The first-order valence-corrected chi connectivity index (χ1v) is 13.0. The topological polar surface area (TPSA) is 38.7 Å². The van der Waals surface area contributed by atoms with Crippen LogP contribution in [0, 0.1) is 0 Å². The fourth-order valence-electron chi connectivity index (χ4n) is 3.77. The summed E-state index contributed by atoms with van der Waals surface area (Å²) in [5.41, 5.74) is 0.560. The molecule has 0 saturated heterocycles. The van der Waals surface area contributed by atoms with Crippen LogP contribution in [-0.2, 0) is 0 Å². The maximum absolute atomic E-state index is 13.6. The number of hydrogen-bond donors (Lipinski definition) is 0. The van der Waals surface area contributed by atoms with E-state index < -0.39 is 7.05 Å². The summed E-state index contributed by atoms with van der Waals surface area (Å²) in [7, 11) is -2.56.